The van der Waals surface area contributed by atoms with Gasteiger partial charge in [-0.05, 0) is 29.3 Å². The van der Waals surface area contributed by atoms with E-state index >= 15 is 0 Å². The molecule has 160 valence electrons. The number of carbonyl (C=O) groups excluding carboxylic acids is 1. The van der Waals surface area contributed by atoms with Gasteiger partial charge in [0, 0.05) is 52.3 Å². The van der Waals surface area contributed by atoms with Crippen molar-refractivity contribution in [2.75, 3.05) is 33.0 Å². The van der Waals surface area contributed by atoms with Crippen LogP contribution in [0.4, 0.5) is 5.69 Å². The van der Waals surface area contributed by atoms with Crippen LogP contribution in [0.1, 0.15) is 23.5 Å². The van der Waals surface area contributed by atoms with Crippen LogP contribution in [-0.4, -0.2) is 52.3 Å². The maximum atomic E-state index is 12.2. The molecule has 0 fully saturated rings. The summed E-state index contributed by atoms with van der Waals surface area (Å²) in [6.07, 6.45) is 0.419. The standard InChI is InChI=1S/C21H27N5O3S/c1-22-21(23-13-15-8-10-17(11-9-15)30(28,29)26(2)3)24-14-16-12-20(27)25-19-7-5-4-6-18(16)19/h4-11,16H,12-14H2,1-3H3,(H,25,27)(H2,22,23,24). The molecule has 0 radical (unpaired) electrons. The zero-order chi connectivity index (χ0) is 21.7. The molecule has 2 aromatic rings. The Morgan fingerprint density at radius 2 is 1.83 bits per heavy atom. The molecule has 1 atom stereocenters. The van der Waals surface area contributed by atoms with Crippen LogP contribution >= 0.6 is 0 Å². The highest BCUT2D eigenvalue weighted by molar-refractivity contribution is 7.89. The van der Waals surface area contributed by atoms with Crippen molar-refractivity contribution < 1.29 is 13.2 Å². The molecule has 8 nitrogen and oxygen atoms in total. The van der Waals surface area contributed by atoms with Gasteiger partial charge in [-0.3, -0.25) is 9.79 Å². The Hall–Kier alpha value is -2.91. The van der Waals surface area contributed by atoms with Crippen molar-refractivity contribution in [2.24, 2.45) is 4.99 Å². The average Bonchev–Trinajstić information content (AvgIpc) is 2.73. The lowest BCUT2D eigenvalue weighted by atomic mass is 9.90. The number of hydrogen-bond donors (Lipinski definition) is 3. The molecule has 2 aromatic carbocycles. The lowest BCUT2D eigenvalue weighted by Crippen LogP contribution is -2.40. The Morgan fingerprint density at radius 3 is 2.50 bits per heavy atom. The first-order valence-electron chi connectivity index (χ1n) is 9.66. The number of fused-ring (bicyclic) bond motifs is 1. The van der Waals surface area contributed by atoms with E-state index in [9.17, 15) is 13.2 Å². The first-order valence-corrected chi connectivity index (χ1v) is 11.1. The van der Waals surface area contributed by atoms with E-state index in [0.717, 1.165) is 16.8 Å². The van der Waals surface area contributed by atoms with Gasteiger partial charge in [0.05, 0.1) is 4.90 Å². The van der Waals surface area contributed by atoms with Gasteiger partial charge < -0.3 is 16.0 Å². The molecule has 9 heteroatoms. The van der Waals surface area contributed by atoms with Crippen molar-refractivity contribution in [3.05, 3.63) is 59.7 Å². The highest BCUT2D eigenvalue weighted by atomic mass is 32.2. The first-order chi connectivity index (χ1) is 14.3. The summed E-state index contributed by atoms with van der Waals surface area (Å²) in [4.78, 5) is 16.5. The van der Waals surface area contributed by atoms with E-state index in [2.05, 4.69) is 20.9 Å². The largest absolute Gasteiger partial charge is 0.356 e. The minimum absolute atomic E-state index is 0.0104. The summed E-state index contributed by atoms with van der Waals surface area (Å²) in [7, 11) is 1.27. The molecule has 0 saturated heterocycles. The third-order valence-electron chi connectivity index (χ3n) is 5.01. The molecular formula is C21H27N5O3S. The van der Waals surface area contributed by atoms with Crippen LogP contribution in [0.3, 0.4) is 0 Å². The van der Waals surface area contributed by atoms with Gasteiger partial charge in [0.15, 0.2) is 5.96 Å². The second kappa shape index (κ2) is 9.27. The zero-order valence-electron chi connectivity index (χ0n) is 17.3. The molecule has 1 amide bonds. The molecule has 1 unspecified atom stereocenters. The van der Waals surface area contributed by atoms with Crippen molar-refractivity contribution in [3.8, 4) is 0 Å². The van der Waals surface area contributed by atoms with Gasteiger partial charge in [0.25, 0.3) is 0 Å². The topological polar surface area (TPSA) is 103 Å². The molecular weight excluding hydrogens is 402 g/mol. The van der Waals surface area contributed by atoms with Gasteiger partial charge in [-0.15, -0.1) is 0 Å². The summed E-state index contributed by atoms with van der Waals surface area (Å²) in [5, 5.41) is 9.40. The van der Waals surface area contributed by atoms with E-state index in [1.54, 1.807) is 31.3 Å². The number of guanidine groups is 1. The van der Waals surface area contributed by atoms with Gasteiger partial charge in [-0.25, -0.2) is 12.7 Å². The van der Waals surface area contributed by atoms with Gasteiger partial charge in [-0.2, -0.15) is 0 Å². The van der Waals surface area contributed by atoms with Crippen LogP contribution in [0.5, 0.6) is 0 Å². The van der Waals surface area contributed by atoms with E-state index in [1.807, 2.05) is 24.3 Å². The summed E-state index contributed by atoms with van der Waals surface area (Å²) in [6.45, 7) is 1.06. The van der Waals surface area contributed by atoms with Crippen molar-refractivity contribution in [2.45, 2.75) is 23.8 Å². The maximum absolute atomic E-state index is 12.2. The highest BCUT2D eigenvalue weighted by Crippen LogP contribution is 2.31. The second-order valence-corrected chi connectivity index (χ2v) is 9.43. The Kier molecular flexibility index (Phi) is 6.73. The third kappa shape index (κ3) is 4.98. The molecule has 0 spiro atoms. The normalized spacial score (nSPS) is 16.7. The quantitative estimate of drug-likeness (QED) is 0.479. The molecule has 1 aliphatic heterocycles. The summed E-state index contributed by atoms with van der Waals surface area (Å²) < 4.78 is 25.5. The summed E-state index contributed by atoms with van der Waals surface area (Å²) >= 11 is 0. The Morgan fingerprint density at radius 1 is 1.13 bits per heavy atom. The van der Waals surface area contributed by atoms with E-state index in [0.29, 0.717) is 25.5 Å². The van der Waals surface area contributed by atoms with E-state index in [-0.39, 0.29) is 16.7 Å². The second-order valence-electron chi connectivity index (χ2n) is 7.27. The van der Waals surface area contributed by atoms with Crippen molar-refractivity contribution in [1.29, 1.82) is 0 Å². The number of aliphatic imine (C=N–C) groups is 1. The molecule has 0 bridgehead atoms. The number of carbonyl (C=O) groups is 1. The van der Waals surface area contributed by atoms with E-state index < -0.39 is 10.0 Å². The fourth-order valence-electron chi connectivity index (χ4n) is 3.30. The number of nitrogens with one attached hydrogen (secondary N) is 3. The number of hydrogen-bond acceptors (Lipinski definition) is 4. The fraction of sp³-hybridized carbons (Fsp3) is 0.333. The lowest BCUT2D eigenvalue weighted by Gasteiger charge is -2.26. The van der Waals surface area contributed by atoms with Gasteiger partial charge >= 0.3 is 0 Å². The van der Waals surface area contributed by atoms with E-state index in [4.69, 9.17) is 0 Å². The van der Waals surface area contributed by atoms with Gasteiger partial charge in [0.2, 0.25) is 15.9 Å². The fourth-order valence-corrected chi connectivity index (χ4v) is 4.20. The number of sulfonamides is 1. The number of anilines is 1. The molecule has 3 rings (SSSR count). The number of nitrogens with zero attached hydrogens (tertiary/aromatic N) is 2. The molecule has 1 aliphatic rings. The van der Waals surface area contributed by atoms with Crippen molar-refractivity contribution in [1.82, 2.24) is 14.9 Å². The maximum Gasteiger partial charge on any atom is 0.242 e. The smallest absolute Gasteiger partial charge is 0.242 e. The molecule has 0 aromatic heterocycles. The first kappa shape index (κ1) is 21.8. The minimum Gasteiger partial charge on any atom is -0.356 e. The Bertz CT molecular complexity index is 1030. The van der Waals surface area contributed by atoms with Crippen LogP contribution in [0.15, 0.2) is 58.4 Å². The van der Waals surface area contributed by atoms with Gasteiger partial charge in [-0.1, -0.05) is 30.3 Å². The third-order valence-corrected chi connectivity index (χ3v) is 6.84. The highest BCUT2D eigenvalue weighted by Gasteiger charge is 2.24. The molecule has 1 heterocycles. The van der Waals surface area contributed by atoms with Crippen molar-refractivity contribution in [3.63, 3.8) is 0 Å². The predicted molar refractivity (Wildman–Crippen MR) is 118 cm³/mol. The van der Waals surface area contributed by atoms with Crippen LogP contribution < -0.4 is 16.0 Å². The van der Waals surface area contributed by atoms with Crippen LogP contribution in [0.2, 0.25) is 0 Å². The molecule has 30 heavy (non-hydrogen) atoms. The average molecular weight is 430 g/mol. The zero-order valence-corrected chi connectivity index (χ0v) is 18.2. The van der Waals surface area contributed by atoms with Crippen LogP contribution in [0.25, 0.3) is 0 Å². The number of benzene rings is 2. The number of rotatable bonds is 6. The molecule has 0 saturated carbocycles. The summed E-state index contributed by atoms with van der Waals surface area (Å²) in [6, 6.07) is 14.6. The van der Waals surface area contributed by atoms with Crippen LogP contribution in [-0.2, 0) is 21.4 Å². The minimum atomic E-state index is -3.44. The van der Waals surface area contributed by atoms with E-state index in [1.165, 1.54) is 18.4 Å². The molecule has 0 aliphatic carbocycles. The lowest BCUT2D eigenvalue weighted by molar-refractivity contribution is -0.116. The Balaban J connectivity index is 1.58. The monoisotopic (exact) mass is 429 g/mol. The van der Waals surface area contributed by atoms with Crippen molar-refractivity contribution >= 4 is 27.6 Å². The van der Waals surface area contributed by atoms with Gasteiger partial charge in [0.1, 0.15) is 0 Å². The summed E-state index contributed by atoms with van der Waals surface area (Å²) in [5.41, 5.74) is 2.90. The summed E-state index contributed by atoms with van der Waals surface area (Å²) in [5.74, 6) is 0.684. The predicted octanol–water partition coefficient (Wildman–Crippen LogP) is 1.73. The number of para-hydroxylation sites is 1. The van der Waals surface area contributed by atoms with Crippen LogP contribution in [0, 0.1) is 0 Å². The molecule has 3 N–H and O–H groups in total. The Labute approximate surface area is 177 Å². The number of amides is 1. The SMILES string of the molecule is CN=C(NCc1ccc(S(=O)(=O)N(C)C)cc1)NCC1CC(=O)Nc2ccccc21.